The van der Waals surface area contributed by atoms with E-state index in [1.807, 2.05) is 42.2 Å². The number of nitrogens with zero attached hydrogens (tertiary/aromatic N) is 2. The van der Waals surface area contributed by atoms with Crippen LogP contribution in [0.5, 0.6) is 0 Å². The first-order chi connectivity index (χ1) is 15.4. The van der Waals surface area contributed by atoms with Crippen molar-refractivity contribution < 1.29 is 19.1 Å². The zero-order chi connectivity index (χ0) is 23.1. The maximum absolute atomic E-state index is 12.9. The Kier molecular flexibility index (Phi) is 7.94. The lowest BCUT2D eigenvalue weighted by atomic mass is 10.1. The average Bonchev–Trinajstić information content (AvgIpc) is 3.02. The van der Waals surface area contributed by atoms with Crippen LogP contribution in [0.3, 0.4) is 0 Å². The summed E-state index contributed by atoms with van der Waals surface area (Å²) in [6.45, 7) is 4.92. The lowest BCUT2D eigenvalue weighted by Crippen LogP contribution is -2.39. The normalized spacial score (nSPS) is 15.8. The number of hydrogen-bond donors (Lipinski definition) is 1. The van der Waals surface area contributed by atoms with Gasteiger partial charge in [-0.05, 0) is 62.3 Å². The number of thiocarbonyl (C=S) groups is 1. The predicted octanol–water partition coefficient (Wildman–Crippen LogP) is 3.25. The van der Waals surface area contributed by atoms with Gasteiger partial charge in [0.15, 0.2) is 5.11 Å². The number of likely N-dealkylation sites (N-methyl/N-ethyl adjacent to an activating group) is 1. The second-order valence-electron chi connectivity index (χ2n) is 7.36. The van der Waals surface area contributed by atoms with Crippen LogP contribution in [0.25, 0.3) is 0 Å². The number of rotatable bonds is 9. The van der Waals surface area contributed by atoms with Gasteiger partial charge in [-0.25, -0.2) is 4.79 Å². The first-order valence-electron chi connectivity index (χ1n) is 10.7. The molecule has 0 radical (unpaired) electrons. The molecule has 0 saturated carbocycles. The van der Waals surface area contributed by atoms with E-state index in [4.69, 9.17) is 17.0 Å². The molecule has 2 aromatic rings. The van der Waals surface area contributed by atoms with Crippen LogP contribution in [0, 0.1) is 0 Å². The van der Waals surface area contributed by atoms with Gasteiger partial charge < -0.3 is 15.0 Å². The van der Waals surface area contributed by atoms with E-state index in [9.17, 15) is 14.4 Å². The molecule has 1 N–H and O–H groups in total. The fourth-order valence-electron chi connectivity index (χ4n) is 3.62. The van der Waals surface area contributed by atoms with Gasteiger partial charge in [-0.3, -0.25) is 14.5 Å². The first-order valence-corrected chi connectivity index (χ1v) is 11.1. The highest BCUT2D eigenvalue weighted by Crippen LogP contribution is 2.22. The van der Waals surface area contributed by atoms with Crippen LogP contribution in [0.15, 0.2) is 54.6 Å². The molecule has 0 unspecified atom stereocenters. The van der Waals surface area contributed by atoms with E-state index >= 15 is 0 Å². The molecular formula is C24H27N3O4S. The fraction of sp³-hybridized carbons (Fsp3) is 0.333. The number of amides is 2. The average molecular weight is 454 g/mol. The third-order valence-electron chi connectivity index (χ3n) is 5.26. The van der Waals surface area contributed by atoms with E-state index in [-0.39, 0.29) is 18.2 Å². The minimum atomic E-state index is -0.634. The molecule has 8 heteroatoms. The maximum atomic E-state index is 12.9. The molecule has 32 heavy (non-hydrogen) atoms. The second-order valence-corrected chi connectivity index (χ2v) is 7.73. The molecule has 0 aromatic heterocycles. The van der Waals surface area contributed by atoms with Crippen LogP contribution >= 0.6 is 12.2 Å². The van der Waals surface area contributed by atoms with Crippen LogP contribution in [-0.4, -0.2) is 58.4 Å². The molecular weight excluding hydrogens is 426 g/mol. The Morgan fingerprint density at radius 2 is 1.75 bits per heavy atom. The van der Waals surface area contributed by atoms with Crippen LogP contribution < -0.4 is 5.32 Å². The van der Waals surface area contributed by atoms with Gasteiger partial charge in [-0.15, -0.1) is 0 Å². The zero-order valence-electron chi connectivity index (χ0n) is 18.2. The molecule has 7 nitrogen and oxygen atoms in total. The number of carbonyl (C=O) groups excluding carboxylic acids is 3. The van der Waals surface area contributed by atoms with Crippen molar-refractivity contribution in [2.24, 2.45) is 0 Å². The lowest BCUT2D eigenvalue weighted by molar-refractivity contribution is -0.130. The summed E-state index contributed by atoms with van der Waals surface area (Å²) in [7, 11) is 0. The molecule has 1 atom stereocenters. The fourth-order valence-corrected chi connectivity index (χ4v) is 4.06. The standard InChI is InChI=1S/C24H27N3O4S/c1-3-26-22(29)20(27(24(26)32)15-14-17-8-6-5-7-9-17)16-21(28)25-19-12-10-18(11-13-19)23(30)31-4-2/h5-13,20H,3-4,14-16H2,1-2H3,(H,25,28)/t20-/m0/s1. The predicted molar refractivity (Wildman–Crippen MR) is 126 cm³/mol. The summed E-state index contributed by atoms with van der Waals surface area (Å²) in [5.41, 5.74) is 2.09. The van der Waals surface area contributed by atoms with E-state index in [2.05, 4.69) is 5.32 Å². The monoisotopic (exact) mass is 453 g/mol. The summed E-state index contributed by atoms with van der Waals surface area (Å²) in [6.07, 6.45) is 0.711. The molecule has 1 saturated heterocycles. The Hall–Kier alpha value is -3.26. The van der Waals surface area contributed by atoms with Gasteiger partial charge in [0, 0.05) is 18.8 Å². The molecule has 1 fully saturated rings. The van der Waals surface area contributed by atoms with Crippen LogP contribution in [0.2, 0.25) is 0 Å². The number of ether oxygens (including phenoxy) is 1. The Morgan fingerprint density at radius 3 is 2.38 bits per heavy atom. The van der Waals surface area contributed by atoms with Crippen molar-refractivity contribution in [3.05, 3.63) is 65.7 Å². The van der Waals surface area contributed by atoms with Crippen molar-refractivity contribution >= 4 is 40.8 Å². The smallest absolute Gasteiger partial charge is 0.338 e. The molecule has 0 spiro atoms. The molecule has 0 aliphatic carbocycles. The van der Waals surface area contributed by atoms with Gasteiger partial charge >= 0.3 is 5.97 Å². The quantitative estimate of drug-likeness (QED) is 0.464. The summed E-state index contributed by atoms with van der Waals surface area (Å²) in [5, 5.41) is 3.26. The zero-order valence-corrected chi connectivity index (χ0v) is 19.1. The summed E-state index contributed by atoms with van der Waals surface area (Å²) in [6, 6.07) is 15.8. The molecule has 1 heterocycles. The van der Waals surface area contributed by atoms with Crippen molar-refractivity contribution in [3.63, 3.8) is 0 Å². The molecule has 168 valence electrons. The Morgan fingerprint density at radius 1 is 1.06 bits per heavy atom. The third kappa shape index (κ3) is 5.50. The second kappa shape index (κ2) is 10.9. The number of nitrogens with one attached hydrogen (secondary N) is 1. The van der Waals surface area contributed by atoms with Crippen LogP contribution in [-0.2, 0) is 20.7 Å². The van der Waals surface area contributed by atoms with Gasteiger partial charge in [-0.1, -0.05) is 30.3 Å². The number of benzene rings is 2. The van der Waals surface area contributed by atoms with E-state index < -0.39 is 12.0 Å². The highest BCUT2D eigenvalue weighted by atomic mass is 32.1. The topological polar surface area (TPSA) is 78.9 Å². The maximum Gasteiger partial charge on any atom is 0.338 e. The van der Waals surface area contributed by atoms with E-state index in [0.717, 1.165) is 12.0 Å². The highest BCUT2D eigenvalue weighted by molar-refractivity contribution is 7.80. The molecule has 1 aliphatic heterocycles. The number of esters is 1. The first kappa shape index (κ1) is 23.4. The summed E-state index contributed by atoms with van der Waals surface area (Å²) in [5.74, 6) is -0.861. The number of hydrogen-bond acceptors (Lipinski definition) is 5. The molecule has 1 aliphatic rings. The van der Waals surface area contributed by atoms with Crippen LogP contribution in [0.1, 0.15) is 36.2 Å². The van der Waals surface area contributed by atoms with Gasteiger partial charge in [0.05, 0.1) is 18.6 Å². The molecule has 3 rings (SSSR count). The van der Waals surface area contributed by atoms with Gasteiger partial charge in [-0.2, -0.15) is 0 Å². The van der Waals surface area contributed by atoms with Gasteiger partial charge in [0.2, 0.25) is 5.91 Å². The minimum Gasteiger partial charge on any atom is -0.462 e. The van der Waals surface area contributed by atoms with Gasteiger partial charge in [0.1, 0.15) is 6.04 Å². The van der Waals surface area contributed by atoms with E-state index in [1.165, 1.54) is 0 Å². The minimum absolute atomic E-state index is 0.0100. The SMILES string of the molecule is CCOC(=O)c1ccc(NC(=O)C[C@H]2C(=O)N(CC)C(=S)N2CCc2ccccc2)cc1. The number of carbonyl (C=O) groups is 3. The summed E-state index contributed by atoms with van der Waals surface area (Å²) < 4.78 is 4.96. The highest BCUT2D eigenvalue weighted by Gasteiger charge is 2.42. The lowest BCUT2D eigenvalue weighted by Gasteiger charge is -2.23. The molecule has 2 aromatic carbocycles. The summed E-state index contributed by atoms with van der Waals surface area (Å²) in [4.78, 5) is 40.8. The Labute approximate surface area is 193 Å². The van der Waals surface area contributed by atoms with E-state index in [0.29, 0.717) is 36.1 Å². The van der Waals surface area contributed by atoms with Crippen molar-refractivity contribution in [1.29, 1.82) is 0 Å². The van der Waals surface area contributed by atoms with Crippen molar-refractivity contribution in [1.82, 2.24) is 9.80 Å². The van der Waals surface area contributed by atoms with E-state index in [1.54, 1.807) is 36.1 Å². The van der Waals surface area contributed by atoms with Crippen LogP contribution in [0.4, 0.5) is 5.69 Å². The van der Waals surface area contributed by atoms with Gasteiger partial charge in [0.25, 0.3) is 5.91 Å². The summed E-state index contributed by atoms with van der Waals surface area (Å²) >= 11 is 5.53. The largest absolute Gasteiger partial charge is 0.462 e. The Bertz CT molecular complexity index is 978. The third-order valence-corrected chi connectivity index (χ3v) is 5.72. The molecule has 0 bridgehead atoms. The number of anilines is 1. The molecule has 2 amide bonds. The van der Waals surface area contributed by atoms with Crippen molar-refractivity contribution in [2.45, 2.75) is 32.7 Å². The Balaban J connectivity index is 1.65. The van der Waals surface area contributed by atoms with Crippen molar-refractivity contribution in [3.8, 4) is 0 Å². The van der Waals surface area contributed by atoms with Crippen molar-refractivity contribution in [2.75, 3.05) is 25.0 Å².